The number of hydrogen-bond acceptors (Lipinski definition) is 5. The lowest BCUT2D eigenvalue weighted by molar-refractivity contribution is 0.199. The Bertz CT molecular complexity index is 786. The molecule has 3 aromatic rings. The topological polar surface area (TPSA) is 84.1 Å². The van der Waals surface area contributed by atoms with E-state index in [1.165, 1.54) is 0 Å². The predicted molar refractivity (Wildman–Crippen MR) is 84.3 cm³/mol. The molecule has 5 heteroatoms. The highest BCUT2D eigenvalue weighted by molar-refractivity contribution is 5.89. The Hall–Kier alpha value is -2.66. The van der Waals surface area contributed by atoms with Crippen molar-refractivity contribution in [2.24, 2.45) is 0 Å². The quantitative estimate of drug-likeness (QED) is 0.687. The van der Waals surface area contributed by atoms with E-state index in [9.17, 15) is 5.11 Å². The van der Waals surface area contributed by atoms with E-state index in [0.717, 1.165) is 22.2 Å². The average Bonchev–Trinajstić information content (AvgIpc) is 2.47. The van der Waals surface area contributed by atoms with Gasteiger partial charge in [0.15, 0.2) is 0 Å². The summed E-state index contributed by atoms with van der Waals surface area (Å²) < 4.78 is 0. The van der Waals surface area contributed by atoms with Crippen LogP contribution in [0.3, 0.4) is 0 Å². The first-order chi connectivity index (χ1) is 10.1. The van der Waals surface area contributed by atoms with Crippen LogP contribution in [0.4, 0.5) is 17.5 Å². The Balaban J connectivity index is 1.96. The predicted octanol–water partition coefficient (Wildman–Crippen LogP) is 3.01. The fourth-order valence-electron chi connectivity index (χ4n) is 2.16. The van der Waals surface area contributed by atoms with Gasteiger partial charge in [-0.1, -0.05) is 24.3 Å². The van der Waals surface area contributed by atoms with E-state index in [1.807, 2.05) is 48.5 Å². The van der Waals surface area contributed by atoms with Crippen molar-refractivity contribution in [3.05, 3.63) is 54.1 Å². The number of nitrogen functional groups attached to an aromatic ring is 1. The van der Waals surface area contributed by atoms with Crippen molar-refractivity contribution < 1.29 is 5.11 Å². The van der Waals surface area contributed by atoms with Gasteiger partial charge in [0.2, 0.25) is 5.95 Å². The first kappa shape index (κ1) is 13.3. The summed E-state index contributed by atoms with van der Waals surface area (Å²) in [6.07, 6.45) is -0.519. The normalized spacial score (nSPS) is 12.3. The summed E-state index contributed by atoms with van der Waals surface area (Å²) in [6, 6.07) is 15.1. The van der Waals surface area contributed by atoms with Gasteiger partial charge < -0.3 is 16.2 Å². The van der Waals surface area contributed by atoms with Gasteiger partial charge in [0.1, 0.15) is 5.82 Å². The summed E-state index contributed by atoms with van der Waals surface area (Å²) >= 11 is 0. The molecule has 2 aromatic carbocycles. The van der Waals surface area contributed by atoms with E-state index in [2.05, 4.69) is 15.3 Å². The standard InChI is InChI=1S/C16H16N4O/c1-10(21)11-5-4-6-12(9-11)18-16-19-14-8-3-2-7-13(14)15(17)20-16/h2-10,21H,1H3,(H3,17,18,19,20)/t10-/m0/s1. The molecule has 3 rings (SSSR count). The van der Waals surface area contributed by atoms with Crippen LogP contribution in [0, 0.1) is 0 Å². The van der Waals surface area contributed by atoms with Gasteiger partial charge in [0.25, 0.3) is 0 Å². The lowest BCUT2D eigenvalue weighted by atomic mass is 10.1. The Morgan fingerprint density at radius 2 is 1.90 bits per heavy atom. The second-order valence-electron chi connectivity index (χ2n) is 4.88. The highest BCUT2D eigenvalue weighted by Crippen LogP contribution is 2.23. The molecule has 0 aliphatic carbocycles. The van der Waals surface area contributed by atoms with Crippen molar-refractivity contribution in [2.45, 2.75) is 13.0 Å². The molecule has 1 heterocycles. The molecule has 0 radical (unpaired) electrons. The van der Waals surface area contributed by atoms with E-state index in [-0.39, 0.29) is 0 Å². The second-order valence-corrected chi connectivity index (χ2v) is 4.88. The fourth-order valence-corrected chi connectivity index (χ4v) is 2.16. The van der Waals surface area contributed by atoms with Gasteiger partial charge in [-0.3, -0.25) is 0 Å². The van der Waals surface area contributed by atoms with Crippen LogP contribution < -0.4 is 11.1 Å². The molecule has 0 unspecified atom stereocenters. The van der Waals surface area contributed by atoms with Crippen LogP contribution in [0.2, 0.25) is 0 Å². The average molecular weight is 280 g/mol. The largest absolute Gasteiger partial charge is 0.389 e. The van der Waals surface area contributed by atoms with Gasteiger partial charge in [-0.25, -0.2) is 4.98 Å². The minimum Gasteiger partial charge on any atom is -0.389 e. The van der Waals surface area contributed by atoms with E-state index >= 15 is 0 Å². The molecule has 1 aromatic heterocycles. The number of aromatic nitrogens is 2. The Labute approximate surface area is 122 Å². The molecule has 21 heavy (non-hydrogen) atoms. The molecule has 0 saturated heterocycles. The summed E-state index contributed by atoms with van der Waals surface area (Å²) in [5.41, 5.74) is 8.38. The van der Waals surface area contributed by atoms with Crippen molar-refractivity contribution in [1.82, 2.24) is 9.97 Å². The summed E-state index contributed by atoms with van der Waals surface area (Å²) in [5, 5.41) is 13.6. The molecule has 0 saturated carbocycles. The van der Waals surface area contributed by atoms with Gasteiger partial charge >= 0.3 is 0 Å². The molecular weight excluding hydrogens is 264 g/mol. The number of nitrogens with one attached hydrogen (secondary N) is 1. The van der Waals surface area contributed by atoms with Crippen LogP contribution in [0.1, 0.15) is 18.6 Å². The molecule has 0 spiro atoms. The van der Waals surface area contributed by atoms with Crippen LogP contribution >= 0.6 is 0 Å². The van der Waals surface area contributed by atoms with Crippen molar-refractivity contribution in [3.8, 4) is 0 Å². The lowest BCUT2D eigenvalue weighted by Gasteiger charge is -2.10. The zero-order chi connectivity index (χ0) is 14.8. The number of para-hydroxylation sites is 1. The maximum Gasteiger partial charge on any atom is 0.229 e. The van der Waals surface area contributed by atoms with Crippen LogP contribution in [0.5, 0.6) is 0 Å². The zero-order valence-corrected chi connectivity index (χ0v) is 11.6. The first-order valence-corrected chi connectivity index (χ1v) is 6.71. The minimum absolute atomic E-state index is 0.439. The summed E-state index contributed by atoms with van der Waals surface area (Å²) in [4.78, 5) is 8.71. The number of hydrogen-bond donors (Lipinski definition) is 3. The SMILES string of the molecule is C[C@H](O)c1cccc(Nc2nc(N)c3ccccc3n2)c1. The first-order valence-electron chi connectivity index (χ1n) is 6.71. The van der Waals surface area contributed by atoms with Gasteiger partial charge in [0, 0.05) is 11.1 Å². The third-order valence-corrected chi connectivity index (χ3v) is 3.26. The summed E-state index contributed by atoms with van der Waals surface area (Å²) in [7, 11) is 0. The number of nitrogens with two attached hydrogens (primary N) is 1. The minimum atomic E-state index is -0.519. The molecule has 0 amide bonds. The van der Waals surface area contributed by atoms with E-state index < -0.39 is 6.10 Å². The molecular formula is C16H16N4O. The summed E-state index contributed by atoms with van der Waals surface area (Å²) in [5.74, 6) is 0.878. The van der Waals surface area contributed by atoms with E-state index in [0.29, 0.717) is 11.8 Å². The van der Waals surface area contributed by atoms with Crippen molar-refractivity contribution in [1.29, 1.82) is 0 Å². The molecule has 0 fully saturated rings. The van der Waals surface area contributed by atoms with Crippen molar-refractivity contribution in [3.63, 3.8) is 0 Å². The number of anilines is 3. The van der Waals surface area contributed by atoms with Crippen LogP contribution in [-0.4, -0.2) is 15.1 Å². The number of nitrogens with zero attached hydrogens (tertiary/aromatic N) is 2. The van der Waals surface area contributed by atoms with Crippen LogP contribution in [0.25, 0.3) is 10.9 Å². The fraction of sp³-hybridized carbons (Fsp3) is 0.125. The number of rotatable bonds is 3. The maximum absolute atomic E-state index is 9.62. The highest BCUT2D eigenvalue weighted by atomic mass is 16.3. The molecule has 0 aliphatic heterocycles. The molecule has 106 valence electrons. The molecule has 4 N–H and O–H groups in total. The molecule has 1 atom stereocenters. The van der Waals surface area contributed by atoms with E-state index in [1.54, 1.807) is 6.92 Å². The third kappa shape index (κ3) is 2.78. The van der Waals surface area contributed by atoms with Gasteiger partial charge in [0.05, 0.1) is 11.6 Å². The van der Waals surface area contributed by atoms with Crippen molar-refractivity contribution in [2.75, 3.05) is 11.1 Å². The lowest BCUT2D eigenvalue weighted by Crippen LogP contribution is -2.02. The Morgan fingerprint density at radius 3 is 2.71 bits per heavy atom. The Kier molecular flexibility index (Phi) is 3.41. The summed E-state index contributed by atoms with van der Waals surface area (Å²) in [6.45, 7) is 1.73. The van der Waals surface area contributed by atoms with Crippen molar-refractivity contribution >= 4 is 28.4 Å². The number of aliphatic hydroxyl groups excluding tert-OH is 1. The number of aliphatic hydroxyl groups is 1. The molecule has 0 aliphatic rings. The monoisotopic (exact) mass is 280 g/mol. The van der Waals surface area contributed by atoms with E-state index in [4.69, 9.17) is 5.73 Å². The molecule has 0 bridgehead atoms. The number of fused-ring (bicyclic) bond motifs is 1. The zero-order valence-electron chi connectivity index (χ0n) is 11.6. The van der Waals surface area contributed by atoms with Gasteiger partial charge in [-0.2, -0.15) is 4.98 Å². The maximum atomic E-state index is 9.62. The molecule has 5 nitrogen and oxygen atoms in total. The highest BCUT2D eigenvalue weighted by Gasteiger charge is 2.06. The Morgan fingerprint density at radius 1 is 1.10 bits per heavy atom. The number of benzene rings is 2. The smallest absolute Gasteiger partial charge is 0.229 e. The second kappa shape index (κ2) is 5.38. The van der Waals surface area contributed by atoms with Gasteiger partial charge in [-0.05, 0) is 36.8 Å². The van der Waals surface area contributed by atoms with Crippen LogP contribution in [-0.2, 0) is 0 Å². The third-order valence-electron chi connectivity index (χ3n) is 3.26. The van der Waals surface area contributed by atoms with Crippen LogP contribution in [0.15, 0.2) is 48.5 Å². The van der Waals surface area contributed by atoms with Gasteiger partial charge in [-0.15, -0.1) is 0 Å².